The zero-order chi connectivity index (χ0) is 13.1. The summed E-state index contributed by atoms with van der Waals surface area (Å²) in [4.78, 5) is 0. The highest BCUT2D eigenvalue weighted by atomic mass is 79.9. The topological polar surface area (TPSA) is 52.5 Å². The van der Waals surface area contributed by atoms with Crippen molar-refractivity contribution in [1.29, 1.82) is 0 Å². The van der Waals surface area contributed by atoms with Gasteiger partial charge in [-0.2, -0.15) is 0 Å². The number of anilines is 1. The van der Waals surface area contributed by atoms with Crippen LogP contribution in [0.1, 0.15) is 5.56 Å². The molecule has 0 amide bonds. The Balaban J connectivity index is 2.15. The molecule has 0 atom stereocenters. The van der Waals surface area contributed by atoms with Crippen molar-refractivity contribution in [2.45, 2.75) is 6.54 Å². The summed E-state index contributed by atoms with van der Waals surface area (Å²) < 4.78 is 0.558. The lowest BCUT2D eigenvalue weighted by Gasteiger charge is -2.10. The Morgan fingerprint density at radius 1 is 1.17 bits per heavy atom. The highest BCUT2D eigenvalue weighted by Crippen LogP contribution is 2.32. The predicted molar refractivity (Wildman–Crippen MR) is 76.3 cm³/mol. The highest BCUT2D eigenvalue weighted by Gasteiger charge is 2.07. The SMILES string of the molecule is Oc1cccc(NCc2cc(Cl)cc(Br)c2O)c1. The number of rotatable bonds is 3. The third-order valence-corrected chi connectivity index (χ3v) is 3.26. The van der Waals surface area contributed by atoms with E-state index in [0.717, 1.165) is 5.69 Å². The van der Waals surface area contributed by atoms with Gasteiger partial charge in [-0.3, -0.25) is 0 Å². The number of hydrogen-bond donors (Lipinski definition) is 3. The molecule has 18 heavy (non-hydrogen) atoms. The summed E-state index contributed by atoms with van der Waals surface area (Å²) in [7, 11) is 0. The lowest BCUT2D eigenvalue weighted by atomic mass is 10.2. The Labute approximate surface area is 118 Å². The summed E-state index contributed by atoms with van der Waals surface area (Å²) in [5.74, 6) is 0.351. The van der Waals surface area contributed by atoms with Crippen LogP contribution >= 0.6 is 27.5 Å². The quantitative estimate of drug-likeness (QED) is 0.794. The van der Waals surface area contributed by atoms with Gasteiger partial charge in [0.1, 0.15) is 11.5 Å². The Kier molecular flexibility index (Phi) is 3.99. The molecule has 0 aliphatic carbocycles. The molecular formula is C13H11BrClNO2. The van der Waals surface area contributed by atoms with E-state index in [4.69, 9.17) is 11.6 Å². The summed E-state index contributed by atoms with van der Waals surface area (Å²) in [5.41, 5.74) is 1.45. The highest BCUT2D eigenvalue weighted by molar-refractivity contribution is 9.10. The Bertz CT molecular complexity index is 575. The average Bonchev–Trinajstić information content (AvgIpc) is 2.32. The number of phenols is 2. The van der Waals surface area contributed by atoms with Gasteiger partial charge in [-0.25, -0.2) is 0 Å². The van der Waals surface area contributed by atoms with E-state index in [-0.39, 0.29) is 11.5 Å². The number of halogens is 2. The van der Waals surface area contributed by atoms with Crippen LogP contribution < -0.4 is 5.32 Å². The molecule has 0 saturated heterocycles. The normalized spacial score (nSPS) is 10.3. The second-order valence-corrected chi connectivity index (χ2v) is 5.09. The van der Waals surface area contributed by atoms with Crippen LogP contribution in [0.25, 0.3) is 0 Å². The molecule has 2 rings (SSSR count). The van der Waals surface area contributed by atoms with E-state index in [1.807, 2.05) is 6.07 Å². The van der Waals surface area contributed by atoms with E-state index >= 15 is 0 Å². The number of benzene rings is 2. The molecule has 0 aliphatic rings. The first kappa shape index (κ1) is 13.1. The largest absolute Gasteiger partial charge is 0.508 e. The standard InChI is InChI=1S/C13H11BrClNO2/c14-12-5-9(15)4-8(13(12)18)7-16-10-2-1-3-11(17)6-10/h1-6,16-18H,7H2. The summed E-state index contributed by atoms with van der Waals surface area (Å²) >= 11 is 9.15. The molecule has 0 aliphatic heterocycles. The molecule has 2 aromatic rings. The van der Waals surface area contributed by atoms with Crippen LogP contribution in [0.2, 0.25) is 5.02 Å². The van der Waals surface area contributed by atoms with Gasteiger partial charge in [0.05, 0.1) is 4.47 Å². The maximum Gasteiger partial charge on any atom is 0.134 e. The van der Waals surface area contributed by atoms with Crippen molar-refractivity contribution in [2.75, 3.05) is 5.32 Å². The Morgan fingerprint density at radius 3 is 2.67 bits per heavy atom. The van der Waals surface area contributed by atoms with Crippen molar-refractivity contribution in [3.63, 3.8) is 0 Å². The zero-order valence-electron chi connectivity index (χ0n) is 9.32. The van der Waals surface area contributed by atoms with Crippen molar-refractivity contribution >= 4 is 33.2 Å². The Morgan fingerprint density at radius 2 is 1.94 bits per heavy atom. The third-order valence-electron chi connectivity index (χ3n) is 2.44. The molecule has 0 saturated carbocycles. The van der Waals surface area contributed by atoms with Gasteiger partial charge >= 0.3 is 0 Å². The fourth-order valence-electron chi connectivity index (χ4n) is 1.57. The lowest BCUT2D eigenvalue weighted by Crippen LogP contribution is -1.99. The molecule has 3 N–H and O–H groups in total. The first-order chi connectivity index (χ1) is 8.56. The van der Waals surface area contributed by atoms with Crippen LogP contribution in [-0.2, 0) is 6.54 Å². The first-order valence-electron chi connectivity index (χ1n) is 5.26. The van der Waals surface area contributed by atoms with Crippen LogP contribution in [0.4, 0.5) is 5.69 Å². The molecule has 0 heterocycles. The monoisotopic (exact) mass is 327 g/mol. The fourth-order valence-corrected chi connectivity index (χ4v) is 2.44. The van der Waals surface area contributed by atoms with Crippen molar-refractivity contribution < 1.29 is 10.2 Å². The van der Waals surface area contributed by atoms with Gasteiger partial charge in [0.25, 0.3) is 0 Å². The van der Waals surface area contributed by atoms with Gasteiger partial charge < -0.3 is 15.5 Å². The molecule has 0 unspecified atom stereocenters. The van der Waals surface area contributed by atoms with E-state index in [1.54, 1.807) is 30.3 Å². The second kappa shape index (κ2) is 5.50. The van der Waals surface area contributed by atoms with Crippen LogP contribution in [0.5, 0.6) is 11.5 Å². The second-order valence-electron chi connectivity index (χ2n) is 3.80. The summed E-state index contributed by atoms with van der Waals surface area (Å²) in [6, 6.07) is 10.1. The molecule has 3 nitrogen and oxygen atoms in total. The number of phenolic OH excluding ortho intramolecular Hbond substituents is 2. The number of nitrogens with one attached hydrogen (secondary N) is 1. The molecule has 0 spiro atoms. The lowest BCUT2D eigenvalue weighted by molar-refractivity contribution is 0.465. The summed E-state index contributed by atoms with van der Waals surface area (Å²) in [6.07, 6.45) is 0. The zero-order valence-corrected chi connectivity index (χ0v) is 11.7. The maximum atomic E-state index is 9.86. The van der Waals surface area contributed by atoms with Crippen molar-refractivity contribution in [3.8, 4) is 11.5 Å². The third kappa shape index (κ3) is 3.09. The molecule has 0 bridgehead atoms. The van der Waals surface area contributed by atoms with Crippen molar-refractivity contribution in [1.82, 2.24) is 0 Å². The van der Waals surface area contributed by atoms with Gasteiger partial charge in [0, 0.05) is 28.9 Å². The summed E-state index contributed by atoms with van der Waals surface area (Å²) in [6.45, 7) is 0.411. The molecule has 0 aromatic heterocycles. The summed E-state index contributed by atoms with van der Waals surface area (Å²) in [5, 5.41) is 22.8. The molecule has 2 aromatic carbocycles. The molecule has 0 fully saturated rings. The van der Waals surface area contributed by atoms with Crippen LogP contribution in [0.3, 0.4) is 0 Å². The predicted octanol–water partition coefficient (Wildman–Crippen LogP) is 4.13. The van der Waals surface area contributed by atoms with E-state index in [9.17, 15) is 10.2 Å². The Hall–Kier alpha value is -1.39. The molecule has 94 valence electrons. The van der Waals surface area contributed by atoms with E-state index in [1.165, 1.54) is 0 Å². The minimum atomic E-state index is 0.159. The molecule has 5 heteroatoms. The van der Waals surface area contributed by atoms with Crippen LogP contribution in [0, 0.1) is 0 Å². The van der Waals surface area contributed by atoms with Gasteiger partial charge in [0.2, 0.25) is 0 Å². The average molecular weight is 329 g/mol. The van der Waals surface area contributed by atoms with E-state index < -0.39 is 0 Å². The van der Waals surface area contributed by atoms with Crippen LogP contribution in [-0.4, -0.2) is 10.2 Å². The van der Waals surface area contributed by atoms with Crippen molar-refractivity contribution in [2.24, 2.45) is 0 Å². The molecular weight excluding hydrogens is 318 g/mol. The van der Waals surface area contributed by atoms with Crippen LogP contribution in [0.15, 0.2) is 40.9 Å². The smallest absolute Gasteiger partial charge is 0.134 e. The van der Waals surface area contributed by atoms with E-state index in [0.29, 0.717) is 21.6 Å². The van der Waals surface area contributed by atoms with Gasteiger partial charge in [-0.05, 0) is 40.2 Å². The number of aromatic hydroxyl groups is 2. The van der Waals surface area contributed by atoms with E-state index in [2.05, 4.69) is 21.2 Å². The first-order valence-corrected chi connectivity index (χ1v) is 6.43. The minimum Gasteiger partial charge on any atom is -0.508 e. The molecule has 0 radical (unpaired) electrons. The maximum absolute atomic E-state index is 9.86. The van der Waals surface area contributed by atoms with Gasteiger partial charge in [0.15, 0.2) is 0 Å². The van der Waals surface area contributed by atoms with Crippen molar-refractivity contribution in [3.05, 3.63) is 51.5 Å². The number of hydrogen-bond acceptors (Lipinski definition) is 3. The van der Waals surface area contributed by atoms with Gasteiger partial charge in [-0.1, -0.05) is 17.7 Å². The van der Waals surface area contributed by atoms with Gasteiger partial charge in [-0.15, -0.1) is 0 Å². The fraction of sp³-hybridized carbons (Fsp3) is 0.0769. The minimum absolute atomic E-state index is 0.159.